The number of ether oxygens (including phenoxy) is 1. The highest BCUT2D eigenvalue weighted by molar-refractivity contribution is 5.91. The van der Waals surface area contributed by atoms with Crippen LogP contribution in [0.25, 0.3) is 11.0 Å². The molecule has 0 spiro atoms. The predicted molar refractivity (Wildman–Crippen MR) is 106 cm³/mol. The minimum atomic E-state index is 0.504. The van der Waals surface area contributed by atoms with Gasteiger partial charge in [0.15, 0.2) is 5.82 Å². The van der Waals surface area contributed by atoms with Gasteiger partial charge in [0.2, 0.25) is 0 Å². The highest BCUT2D eigenvalue weighted by atomic mass is 16.5. The van der Waals surface area contributed by atoms with Crippen molar-refractivity contribution < 1.29 is 4.74 Å². The van der Waals surface area contributed by atoms with Crippen molar-refractivity contribution in [3.05, 3.63) is 47.0 Å². The summed E-state index contributed by atoms with van der Waals surface area (Å²) in [6.45, 7) is 5.73. The largest absolute Gasteiger partial charge is 0.380 e. The number of aromatic nitrogens is 3. The molecular weight excluding hydrogens is 340 g/mol. The van der Waals surface area contributed by atoms with Crippen LogP contribution in [0.15, 0.2) is 30.3 Å². The zero-order valence-electron chi connectivity index (χ0n) is 15.3. The molecular formula is C20H24N6O. The molecule has 3 aromatic rings. The van der Waals surface area contributed by atoms with Gasteiger partial charge >= 0.3 is 0 Å². The molecule has 1 saturated heterocycles. The van der Waals surface area contributed by atoms with Crippen molar-refractivity contribution in [2.75, 3.05) is 43.5 Å². The molecule has 0 saturated carbocycles. The van der Waals surface area contributed by atoms with Gasteiger partial charge in [-0.05, 0) is 18.5 Å². The molecule has 5 rings (SSSR count). The molecule has 0 unspecified atom stereocenters. The van der Waals surface area contributed by atoms with Crippen LogP contribution in [-0.2, 0) is 24.2 Å². The van der Waals surface area contributed by atoms with Crippen LogP contribution in [-0.4, -0.2) is 47.6 Å². The Balaban J connectivity index is 1.66. The van der Waals surface area contributed by atoms with Gasteiger partial charge in [0.05, 0.1) is 25.3 Å². The normalized spacial score (nSPS) is 17.3. The smallest absolute Gasteiger partial charge is 0.172 e. The molecule has 2 aromatic heterocycles. The van der Waals surface area contributed by atoms with Crippen LogP contribution >= 0.6 is 0 Å². The summed E-state index contributed by atoms with van der Waals surface area (Å²) < 4.78 is 7.54. The molecule has 4 heterocycles. The number of fused-ring (bicyclic) bond motifs is 3. The second-order valence-electron chi connectivity index (χ2n) is 7.14. The van der Waals surface area contributed by atoms with E-state index in [9.17, 15) is 0 Å². The van der Waals surface area contributed by atoms with Crippen molar-refractivity contribution in [2.24, 2.45) is 0 Å². The maximum atomic E-state index is 6.30. The molecule has 7 nitrogen and oxygen atoms in total. The predicted octanol–water partition coefficient (Wildman–Crippen LogP) is 1.54. The lowest BCUT2D eigenvalue weighted by Crippen LogP contribution is -2.38. The number of hydrogen-bond acceptors (Lipinski definition) is 6. The third kappa shape index (κ3) is 2.93. The number of morpholine rings is 1. The molecule has 7 heteroatoms. The van der Waals surface area contributed by atoms with Crippen LogP contribution in [0.1, 0.15) is 16.7 Å². The van der Waals surface area contributed by atoms with E-state index in [2.05, 4.69) is 39.6 Å². The van der Waals surface area contributed by atoms with Crippen LogP contribution in [0.4, 0.5) is 11.6 Å². The van der Waals surface area contributed by atoms with E-state index in [0.29, 0.717) is 12.4 Å². The fraction of sp³-hybridized carbons (Fsp3) is 0.400. The number of nitrogens with one attached hydrogen (secondary N) is 1. The van der Waals surface area contributed by atoms with Gasteiger partial charge in [-0.15, -0.1) is 0 Å². The summed E-state index contributed by atoms with van der Waals surface area (Å²) in [6, 6.07) is 10.4. The third-order valence-electron chi connectivity index (χ3n) is 5.43. The Morgan fingerprint density at radius 1 is 1.11 bits per heavy atom. The van der Waals surface area contributed by atoms with Crippen molar-refractivity contribution in [3.63, 3.8) is 0 Å². The van der Waals surface area contributed by atoms with Gasteiger partial charge in [-0.25, -0.2) is 4.98 Å². The summed E-state index contributed by atoms with van der Waals surface area (Å²) in [5.74, 6) is 1.57. The van der Waals surface area contributed by atoms with Crippen LogP contribution in [0.2, 0.25) is 0 Å². The number of benzene rings is 1. The Morgan fingerprint density at radius 2 is 1.93 bits per heavy atom. The average Bonchev–Trinajstić information content (AvgIpc) is 3.04. The van der Waals surface area contributed by atoms with Gasteiger partial charge in [-0.3, -0.25) is 4.68 Å². The zero-order valence-corrected chi connectivity index (χ0v) is 15.3. The first-order valence-electron chi connectivity index (χ1n) is 9.56. The van der Waals surface area contributed by atoms with Crippen molar-refractivity contribution in [3.8, 4) is 0 Å². The zero-order chi connectivity index (χ0) is 18.2. The molecule has 0 bridgehead atoms. The van der Waals surface area contributed by atoms with Crippen molar-refractivity contribution >= 4 is 22.7 Å². The summed E-state index contributed by atoms with van der Waals surface area (Å²) in [7, 11) is 0. The second kappa shape index (κ2) is 6.83. The number of hydrogen-bond donors (Lipinski definition) is 2. The molecule has 2 aliphatic rings. The average molecular weight is 364 g/mol. The van der Waals surface area contributed by atoms with E-state index in [-0.39, 0.29) is 0 Å². The van der Waals surface area contributed by atoms with Gasteiger partial charge in [0, 0.05) is 30.8 Å². The molecule has 140 valence electrons. The number of anilines is 2. The highest BCUT2D eigenvalue weighted by Gasteiger charge is 2.26. The first kappa shape index (κ1) is 16.5. The van der Waals surface area contributed by atoms with E-state index in [1.807, 2.05) is 10.7 Å². The second-order valence-corrected chi connectivity index (χ2v) is 7.14. The lowest BCUT2D eigenvalue weighted by molar-refractivity contribution is 0.122. The Bertz CT molecular complexity index is 962. The van der Waals surface area contributed by atoms with Crippen LogP contribution < -0.4 is 16.0 Å². The summed E-state index contributed by atoms with van der Waals surface area (Å²) in [5.41, 5.74) is 12.0. The summed E-state index contributed by atoms with van der Waals surface area (Å²) in [4.78, 5) is 7.34. The van der Waals surface area contributed by atoms with Crippen LogP contribution in [0.3, 0.4) is 0 Å². The lowest BCUT2D eigenvalue weighted by Gasteiger charge is -2.32. The van der Waals surface area contributed by atoms with Gasteiger partial charge in [0.1, 0.15) is 11.3 Å². The minimum Gasteiger partial charge on any atom is -0.380 e. The summed E-state index contributed by atoms with van der Waals surface area (Å²) in [5, 5.41) is 8.15. The number of rotatable bonds is 3. The van der Waals surface area contributed by atoms with Crippen LogP contribution in [0.5, 0.6) is 0 Å². The lowest BCUT2D eigenvalue weighted by atomic mass is 9.99. The monoisotopic (exact) mass is 364 g/mol. The third-order valence-corrected chi connectivity index (χ3v) is 5.43. The van der Waals surface area contributed by atoms with E-state index < -0.39 is 0 Å². The number of nitrogens with two attached hydrogens (primary N) is 1. The van der Waals surface area contributed by atoms with Gasteiger partial charge in [-0.1, -0.05) is 30.3 Å². The van der Waals surface area contributed by atoms with Gasteiger partial charge < -0.3 is 20.7 Å². The molecule has 0 amide bonds. The van der Waals surface area contributed by atoms with E-state index in [4.69, 9.17) is 15.5 Å². The Hall–Kier alpha value is -2.64. The molecule has 2 aliphatic heterocycles. The number of nitrogen functional groups attached to an aromatic ring is 1. The molecule has 27 heavy (non-hydrogen) atoms. The highest BCUT2D eigenvalue weighted by Crippen LogP contribution is 2.34. The van der Waals surface area contributed by atoms with Gasteiger partial charge in [-0.2, -0.15) is 5.10 Å². The molecule has 0 radical (unpaired) electrons. The van der Waals surface area contributed by atoms with E-state index >= 15 is 0 Å². The van der Waals surface area contributed by atoms with E-state index in [1.54, 1.807) is 0 Å². The fourth-order valence-electron chi connectivity index (χ4n) is 4.12. The molecule has 0 aliphatic carbocycles. The first-order chi connectivity index (χ1) is 13.3. The Labute approximate surface area is 158 Å². The Morgan fingerprint density at radius 3 is 2.74 bits per heavy atom. The fourth-order valence-corrected chi connectivity index (χ4v) is 4.12. The topological polar surface area (TPSA) is 81.2 Å². The Kier molecular flexibility index (Phi) is 4.18. The van der Waals surface area contributed by atoms with Crippen molar-refractivity contribution in [1.82, 2.24) is 20.1 Å². The maximum absolute atomic E-state index is 6.30. The molecule has 3 N–H and O–H groups in total. The van der Waals surface area contributed by atoms with Crippen molar-refractivity contribution in [2.45, 2.75) is 19.5 Å². The van der Waals surface area contributed by atoms with E-state index in [0.717, 1.165) is 62.7 Å². The maximum Gasteiger partial charge on any atom is 0.172 e. The number of nitrogens with zero attached hydrogens (tertiary/aromatic N) is 4. The molecule has 1 aromatic carbocycles. The van der Waals surface area contributed by atoms with Crippen LogP contribution in [0, 0.1) is 0 Å². The SMILES string of the molecule is Nc1nn(Cc2ccccc2)c2c3c(c(N4CCOCC4)nc12)CCNC3. The molecule has 0 atom stereocenters. The van der Waals surface area contributed by atoms with E-state index in [1.165, 1.54) is 16.7 Å². The summed E-state index contributed by atoms with van der Waals surface area (Å²) >= 11 is 0. The van der Waals surface area contributed by atoms with Gasteiger partial charge in [0.25, 0.3) is 0 Å². The van der Waals surface area contributed by atoms with Crippen molar-refractivity contribution in [1.29, 1.82) is 0 Å². The minimum absolute atomic E-state index is 0.504. The standard InChI is InChI=1S/C20H24N6O/c21-19-17-18(26(24-19)13-14-4-2-1-3-5-14)16-12-22-7-6-15(16)20(23-17)25-8-10-27-11-9-25/h1-5,22H,6-13H2,(H2,21,24). The quantitative estimate of drug-likeness (QED) is 0.734. The molecule has 1 fully saturated rings. The first-order valence-corrected chi connectivity index (χ1v) is 9.56. The number of pyridine rings is 1. The summed E-state index contributed by atoms with van der Waals surface area (Å²) in [6.07, 6.45) is 0.974.